The highest BCUT2D eigenvalue weighted by atomic mass is 16.6. The quantitative estimate of drug-likeness (QED) is 0.830. The standard InChI is InChI=1S/C22H29N3O4/c1-16(26)23-12-19-7-8-22(29-19)14-25(9-10-28-15-22)13-18-11-17-5-3-4-6-20(17)24-21(18)27-2/h3-6,11,19H,7-10,12-15H2,1-2H3,(H,23,26)/t19-,22-/m0/s1. The van der Waals surface area contributed by atoms with Gasteiger partial charge in [0.1, 0.15) is 5.60 Å². The average Bonchev–Trinajstić information content (AvgIpc) is 3.00. The summed E-state index contributed by atoms with van der Waals surface area (Å²) in [6.07, 6.45) is 1.90. The van der Waals surface area contributed by atoms with Crippen molar-refractivity contribution in [2.75, 3.05) is 40.0 Å². The van der Waals surface area contributed by atoms with Crippen LogP contribution in [0.25, 0.3) is 10.9 Å². The molecule has 0 radical (unpaired) electrons. The number of benzene rings is 1. The van der Waals surface area contributed by atoms with E-state index in [4.69, 9.17) is 14.2 Å². The van der Waals surface area contributed by atoms with E-state index in [1.807, 2.05) is 18.2 Å². The number of para-hydroxylation sites is 1. The molecule has 2 saturated heterocycles. The van der Waals surface area contributed by atoms with Crippen LogP contribution in [-0.2, 0) is 20.8 Å². The molecule has 2 aromatic rings. The normalized spacial score (nSPS) is 25.2. The van der Waals surface area contributed by atoms with E-state index < -0.39 is 0 Å². The number of hydrogen-bond donors (Lipinski definition) is 1. The summed E-state index contributed by atoms with van der Waals surface area (Å²) in [5, 5.41) is 3.97. The number of fused-ring (bicyclic) bond motifs is 1. The maximum absolute atomic E-state index is 11.2. The summed E-state index contributed by atoms with van der Waals surface area (Å²) in [5.74, 6) is 0.642. The summed E-state index contributed by atoms with van der Waals surface area (Å²) in [4.78, 5) is 18.3. The van der Waals surface area contributed by atoms with Gasteiger partial charge in [0.05, 0.1) is 31.9 Å². The number of aromatic nitrogens is 1. The van der Waals surface area contributed by atoms with Crippen LogP contribution < -0.4 is 10.1 Å². The summed E-state index contributed by atoms with van der Waals surface area (Å²) >= 11 is 0. The van der Waals surface area contributed by atoms with Gasteiger partial charge in [0.15, 0.2) is 0 Å². The molecule has 1 spiro atoms. The molecule has 1 aromatic carbocycles. The first-order valence-corrected chi connectivity index (χ1v) is 10.2. The van der Waals surface area contributed by atoms with E-state index in [0.717, 1.165) is 48.9 Å². The molecule has 0 saturated carbocycles. The maximum Gasteiger partial charge on any atom is 0.218 e. The number of pyridine rings is 1. The second-order valence-electron chi connectivity index (χ2n) is 8.01. The smallest absolute Gasteiger partial charge is 0.218 e. The molecular formula is C22H29N3O4. The van der Waals surface area contributed by atoms with Gasteiger partial charge in [0, 0.05) is 44.1 Å². The zero-order chi connectivity index (χ0) is 20.3. The molecule has 0 aliphatic carbocycles. The van der Waals surface area contributed by atoms with Gasteiger partial charge in [-0.2, -0.15) is 0 Å². The fourth-order valence-electron chi connectivity index (χ4n) is 4.31. The molecule has 7 nitrogen and oxygen atoms in total. The molecule has 0 bridgehead atoms. The third-order valence-corrected chi connectivity index (χ3v) is 5.70. The highest BCUT2D eigenvalue weighted by molar-refractivity contribution is 5.80. The largest absolute Gasteiger partial charge is 0.481 e. The molecule has 2 aliphatic heterocycles. The van der Waals surface area contributed by atoms with Gasteiger partial charge in [-0.25, -0.2) is 4.98 Å². The van der Waals surface area contributed by atoms with Gasteiger partial charge in [-0.1, -0.05) is 18.2 Å². The van der Waals surface area contributed by atoms with Crippen molar-refractivity contribution in [3.8, 4) is 5.88 Å². The van der Waals surface area contributed by atoms with Crippen LogP contribution in [0.4, 0.5) is 0 Å². The molecule has 2 aliphatic rings. The third-order valence-electron chi connectivity index (χ3n) is 5.70. The van der Waals surface area contributed by atoms with Crippen molar-refractivity contribution >= 4 is 16.8 Å². The summed E-state index contributed by atoms with van der Waals surface area (Å²) in [6.45, 7) is 5.70. The van der Waals surface area contributed by atoms with E-state index in [9.17, 15) is 4.79 Å². The lowest BCUT2D eigenvalue weighted by Crippen LogP contribution is -2.45. The fourth-order valence-corrected chi connectivity index (χ4v) is 4.31. The van der Waals surface area contributed by atoms with Gasteiger partial charge in [-0.3, -0.25) is 9.69 Å². The minimum atomic E-state index is -0.322. The lowest BCUT2D eigenvalue weighted by molar-refractivity contribution is -0.121. The van der Waals surface area contributed by atoms with Crippen molar-refractivity contribution in [1.29, 1.82) is 0 Å². The Morgan fingerprint density at radius 3 is 3.10 bits per heavy atom. The Bertz CT molecular complexity index is 874. The third kappa shape index (κ3) is 4.69. The topological polar surface area (TPSA) is 72.9 Å². The molecule has 0 unspecified atom stereocenters. The van der Waals surface area contributed by atoms with E-state index in [1.54, 1.807) is 7.11 Å². The highest BCUT2D eigenvalue weighted by Gasteiger charge is 2.43. The van der Waals surface area contributed by atoms with Crippen LogP contribution in [0.15, 0.2) is 30.3 Å². The minimum absolute atomic E-state index is 0.0239. The Morgan fingerprint density at radius 2 is 2.28 bits per heavy atom. The zero-order valence-electron chi connectivity index (χ0n) is 17.1. The molecule has 29 heavy (non-hydrogen) atoms. The molecule has 1 aromatic heterocycles. The first-order valence-electron chi connectivity index (χ1n) is 10.2. The number of carbonyl (C=O) groups is 1. The van der Waals surface area contributed by atoms with Gasteiger partial charge in [0.2, 0.25) is 11.8 Å². The van der Waals surface area contributed by atoms with E-state index in [0.29, 0.717) is 25.6 Å². The Morgan fingerprint density at radius 1 is 1.41 bits per heavy atom. The average molecular weight is 399 g/mol. The fraction of sp³-hybridized carbons (Fsp3) is 0.545. The van der Waals surface area contributed by atoms with E-state index >= 15 is 0 Å². The number of nitrogens with one attached hydrogen (secondary N) is 1. The number of nitrogens with zero attached hydrogens (tertiary/aromatic N) is 2. The number of amides is 1. The summed E-state index contributed by atoms with van der Waals surface area (Å²) in [6, 6.07) is 10.2. The van der Waals surface area contributed by atoms with Crippen LogP contribution in [-0.4, -0.2) is 67.5 Å². The maximum atomic E-state index is 11.2. The number of carbonyl (C=O) groups excluding carboxylic acids is 1. The molecule has 2 fully saturated rings. The van der Waals surface area contributed by atoms with E-state index in [1.165, 1.54) is 6.92 Å². The number of hydrogen-bond acceptors (Lipinski definition) is 6. The predicted octanol–water partition coefficient (Wildman–Crippen LogP) is 2.13. The molecule has 1 N–H and O–H groups in total. The van der Waals surface area contributed by atoms with Gasteiger partial charge in [-0.15, -0.1) is 0 Å². The van der Waals surface area contributed by atoms with Gasteiger partial charge in [-0.05, 0) is 25.0 Å². The van der Waals surface area contributed by atoms with Crippen molar-refractivity contribution in [2.24, 2.45) is 0 Å². The highest BCUT2D eigenvalue weighted by Crippen LogP contribution is 2.34. The lowest BCUT2D eigenvalue weighted by atomic mass is 9.99. The van der Waals surface area contributed by atoms with E-state index in [-0.39, 0.29) is 17.6 Å². The van der Waals surface area contributed by atoms with Crippen LogP contribution in [0.2, 0.25) is 0 Å². The van der Waals surface area contributed by atoms with Crippen LogP contribution in [0.3, 0.4) is 0 Å². The van der Waals surface area contributed by atoms with Gasteiger partial charge >= 0.3 is 0 Å². The first kappa shape index (κ1) is 20.1. The van der Waals surface area contributed by atoms with Crippen LogP contribution in [0, 0.1) is 0 Å². The van der Waals surface area contributed by atoms with Crippen molar-refractivity contribution in [3.63, 3.8) is 0 Å². The van der Waals surface area contributed by atoms with Crippen molar-refractivity contribution < 1.29 is 19.0 Å². The predicted molar refractivity (Wildman–Crippen MR) is 110 cm³/mol. The Labute approximate surface area is 171 Å². The van der Waals surface area contributed by atoms with Gasteiger partial charge in [0.25, 0.3) is 0 Å². The molecule has 4 rings (SSSR count). The Balaban J connectivity index is 1.49. The Hall–Kier alpha value is -2.22. The van der Waals surface area contributed by atoms with E-state index in [2.05, 4.69) is 27.3 Å². The monoisotopic (exact) mass is 399 g/mol. The van der Waals surface area contributed by atoms with Gasteiger partial charge < -0.3 is 19.5 Å². The second-order valence-corrected chi connectivity index (χ2v) is 8.01. The SMILES string of the molecule is COc1nc2ccccc2cc1CN1CCOC[C@]2(CC[C@@H](CNC(C)=O)O2)C1. The Kier molecular flexibility index (Phi) is 5.99. The second kappa shape index (κ2) is 8.65. The molecule has 3 heterocycles. The summed E-state index contributed by atoms with van der Waals surface area (Å²) in [7, 11) is 1.67. The van der Waals surface area contributed by atoms with Crippen LogP contribution in [0.5, 0.6) is 5.88 Å². The molecule has 156 valence electrons. The van der Waals surface area contributed by atoms with Crippen molar-refractivity contribution in [2.45, 2.75) is 38.0 Å². The van der Waals surface area contributed by atoms with Crippen LogP contribution in [0.1, 0.15) is 25.3 Å². The summed E-state index contributed by atoms with van der Waals surface area (Å²) < 4.78 is 17.9. The first-order chi connectivity index (χ1) is 14.1. The van der Waals surface area contributed by atoms with Crippen LogP contribution >= 0.6 is 0 Å². The number of ether oxygens (including phenoxy) is 3. The number of methoxy groups -OCH3 is 1. The molecule has 1 amide bonds. The molecular weight excluding hydrogens is 370 g/mol. The van der Waals surface area contributed by atoms with Crippen molar-refractivity contribution in [3.05, 3.63) is 35.9 Å². The number of rotatable bonds is 5. The minimum Gasteiger partial charge on any atom is -0.481 e. The molecule has 2 atom stereocenters. The lowest BCUT2D eigenvalue weighted by Gasteiger charge is -2.32. The molecule has 7 heteroatoms. The zero-order valence-corrected chi connectivity index (χ0v) is 17.1. The van der Waals surface area contributed by atoms with Crippen molar-refractivity contribution in [1.82, 2.24) is 15.2 Å². The summed E-state index contributed by atoms with van der Waals surface area (Å²) in [5.41, 5.74) is 1.68.